The average molecular weight is 450 g/mol. The van der Waals surface area contributed by atoms with Gasteiger partial charge in [-0.2, -0.15) is 4.31 Å². The van der Waals surface area contributed by atoms with Crippen LogP contribution in [0.2, 0.25) is 0 Å². The molecule has 0 fully saturated rings. The minimum Gasteiger partial charge on any atom is -0.459 e. The molecule has 1 aromatic heterocycles. The van der Waals surface area contributed by atoms with Crippen molar-refractivity contribution in [2.75, 3.05) is 26.2 Å². The van der Waals surface area contributed by atoms with Gasteiger partial charge in [-0.3, -0.25) is 4.79 Å². The third-order valence-electron chi connectivity index (χ3n) is 4.95. The Morgan fingerprint density at radius 3 is 2.39 bits per heavy atom. The third-order valence-corrected chi connectivity index (χ3v) is 6.97. The molecule has 0 radical (unpaired) electrons. The molecule has 1 amide bonds. The highest BCUT2D eigenvalue weighted by molar-refractivity contribution is 7.89. The van der Waals surface area contributed by atoms with E-state index in [1.54, 1.807) is 20.9 Å². The number of rotatable bonds is 11. The molecule has 0 bridgehead atoms. The molecule has 1 N–H and O–H groups in total. The lowest BCUT2D eigenvalue weighted by atomic mass is 10.1. The van der Waals surface area contributed by atoms with E-state index in [0.29, 0.717) is 25.9 Å². The molecule has 0 aliphatic carbocycles. The fourth-order valence-electron chi connectivity index (χ4n) is 3.10. The molecule has 31 heavy (non-hydrogen) atoms. The number of aryl methyl sites for hydroxylation is 3. The van der Waals surface area contributed by atoms with Crippen LogP contribution in [0.25, 0.3) is 0 Å². The monoisotopic (exact) mass is 449 g/mol. The van der Waals surface area contributed by atoms with Crippen LogP contribution in [0.15, 0.2) is 41.4 Å². The van der Waals surface area contributed by atoms with Crippen molar-refractivity contribution in [3.05, 3.63) is 53.3 Å². The van der Waals surface area contributed by atoms with Crippen LogP contribution in [0.4, 0.5) is 0 Å². The molecular weight excluding hydrogens is 418 g/mol. The lowest BCUT2D eigenvalue weighted by molar-refractivity contribution is -0.121. The topological polar surface area (TPSA) is 97.7 Å². The van der Waals surface area contributed by atoms with Gasteiger partial charge in [0, 0.05) is 32.8 Å². The molecule has 0 saturated carbocycles. The molecule has 170 valence electrons. The zero-order valence-corrected chi connectivity index (χ0v) is 19.4. The second-order valence-corrected chi connectivity index (χ2v) is 9.17. The van der Waals surface area contributed by atoms with Crippen LogP contribution in [0, 0.1) is 6.92 Å². The van der Waals surface area contributed by atoms with E-state index < -0.39 is 16.0 Å². The molecule has 1 heterocycles. The highest BCUT2D eigenvalue weighted by Gasteiger charge is 2.25. The Morgan fingerprint density at radius 1 is 1.13 bits per heavy atom. The minimum absolute atomic E-state index is 0.00157. The smallest absolute Gasteiger partial charge is 0.355 e. The van der Waals surface area contributed by atoms with Gasteiger partial charge in [-0.1, -0.05) is 43.7 Å². The van der Waals surface area contributed by atoms with Gasteiger partial charge in [-0.05, 0) is 25.0 Å². The van der Waals surface area contributed by atoms with Crippen molar-refractivity contribution in [2.45, 2.75) is 38.5 Å². The van der Waals surface area contributed by atoms with Crippen molar-refractivity contribution >= 4 is 21.9 Å². The number of carbonyl (C=O) groups excluding carboxylic acids is 2. The number of sulfonamides is 1. The first-order valence-corrected chi connectivity index (χ1v) is 11.8. The molecule has 2 aromatic rings. The van der Waals surface area contributed by atoms with E-state index in [1.165, 1.54) is 26.7 Å². The first-order valence-electron chi connectivity index (χ1n) is 10.3. The summed E-state index contributed by atoms with van der Waals surface area (Å²) >= 11 is 0. The van der Waals surface area contributed by atoms with E-state index in [1.807, 2.05) is 31.2 Å². The van der Waals surface area contributed by atoms with Gasteiger partial charge in [0.1, 0.15) is 17.2 Å². The number of benzene rings is 1. The molecule has 0 spiro atoms. The molecular formula is C22H31N3O5S. The number of aromatic nitrogens is 1. The van der Waals surface area contributed by atoms with Crippen LogP contribution in [-0.4, -0.2) is 55.4 Å². The highest BCUT2D eigenvalue weighted by atomic mass is 32.2. The number of hydrogen-bond donors (Lipinski definition) is 1. The van der Waals surface area contributed by atoms with Crippen molar-refractivity contribution in [3.63, 3.8) is 0 Å². The Bertz CT molecular complexity index is 993. The van der Waals surface area contributed by atoms with E-state index in [4.69, 9.17) is 4.74 Å². The summed E-state index contributed by atoms with van der Waals surface area (Å²) in [6.07, 6.45) is 2.39. The number of hydrogen-bond acceptors (Lipinski definition) is 5. The molecule has 0 unspecified atom stereocenters. The summed E-state index contributed by atoms with van der Waals surface area (Å²) < 4.78 is 33.2. The minimum atomic E-state index is -3.66. The Morgan fingerprint density at radius 2 is 1.77 bits per heavy atom. The molecule has 8 nitrogen and oxygen atoms in total. The van der Waals surface area contributed by atoms with E-state index in [9.17, 15) is 18.0 Å². The molecule has 9 heteroatoms. The fourth-order valence-corrected chi connectivity index (χ4v) is 4.63. The van der Waals surface area contributed by atoms with Crippen LogP contribution in [0.1, 0.15) is 41.9 Å². The van der Waals surface area contributed by atoms with Crippen LogP contribution < -0.4 is 5.32 Å². The maximum atomic E-state index is 12.6. The van der Waals surface area contributed by atoms with Gasteiger partial charge in [0.15, 0.2) is 0 Å². The van der Waals surface area contributed by atoms with Gasteiger partial charge in [0.25, 0.3) is 0 Å². The zero-order valence-electron chi connectivity index (χ0n) is 18.6. The van der Waals surface area contributed by atoms with Gasteiger partial charge in [-0.15, -0.1) is 0 Å². The van der Waals surface area contributed by atoms with Crippen molar-refractivity contribution < 1.29 is 22.7 Å². The summed E-state index contributed by atoms with van der Waals surface area (Å²) in [7, 11) is -2.07. The van der Waals surface area contributed by atoms with Crippen LogP contribution >= 0.6 is 0 Å². The van der Waals surface area contributed by atoms with Crippen molar-refractivity contribution in [1.82, 2.24) is 14.2 Å². The zero-order chi connectivity index (χ0) is 23.0. The van der Waals surface area contributed by atoms with Gasteiger partial charge in [-0.25, -0.2) is 13.2 Å². The number of nitrogens with one attached hydrogen (secondary N) is 1. The summed E-state index contributed by atoms with van der Waals surface area (Å²) in [4.78, 5) is 24.3. The number of esters is 1. The summed E-state index contributed by atoms with van der Waals surface area (Å²) in [5, 5.41) is 2.72. The predicted octanol–water partition coefficient (Wildman–Crippen LogP) is 2.27. The summed E-state index contributed by atoms with van der Waals surface area (Å²) in [6.45, 7) is 6.40. The molecule has 0 saturated heterocycles. The highest BCUT2D eigenvalue weighted by Crippen LogP contribution is 2.19. The first-order chi connectivity index (χ1) is 14.7. The molecule has 0 aliphatic rings. The van der Waals surface area contributed by atoms with Gasteiger partial charge in [0.2, 0.25) is 15.9 Å². The molecule has 0 atom stereocenters. The van der Waals surface area contributed by atoms with E-state index in [-0.39, 0.29) is 29.6 Å². The van der Waals surface area contributed by atoms with Crippen molar-refractivity contribution in [2.24, 2.45) is 7.05 Å². The summed E-state index contributed by atoms with van der Waals surface area (Å²) in [5.41, 5.74) is 2.40. The third kappa shape index (κ3) is 6.67. The molecule has 0 aliphatic heterocycles. The Labute approximate surface area is 184 Å². The van der Waals surface area contributed by atoms with Crippen LogP contribution in [0.5, 0.6) is 0 Å². The maximum Gasteiger partial charge on any atom is 0.355 e. The number of amides is 1. The number of ether oxygens (including phenoxy) is 1. The first kappa shape index (κ1) is 24.6. The number of carbonyl (C=O) groups is 2. The van der Waals surface area contributed by atoms with E-state index in [0.717, 1.165) is 5.56 Å². The van der Waals surface area contributed by atoms with Crippen molar-refractivity contribution in [3.8, 4) is 0 Å². The normalized spacial score (nSPS) is 11.5. The average Bonchev–Trinajstić information content (AvgIpc) is 3.14. The Balaban J connectivity index is 1.81. The SMILES string of the molecule is CCN(CC)S(=O)(=O)c1cc(C(=O)OCCNC(=O)CCc2ccc(C)cc2)n(C)c1. The van der Waals surface area contributed by atoms with Crippen LogP contribution in [0.3, 0.4) is 0 Å². The van der Waals surface area contributed by atoms with E-state index in [2.05, 4.69) is 5.32 Å². The van der Waals surface area contributed by atoms with Gasteiger partial charge < -0.3 is 14.6 Å². The maximum absolute atomic E-state index is 12.6. The summed E-state index contributed by atoms with van der Waals surface area (Å²) in [6, 6.07) is 9.33. The molecule has 2 rings (SSSR count). The van der Waals surface area contributed by atoms with Gasteiger partial charge >= 0.3 is 5.97 Å². The standard InChI is InChI=1S/C22H31N3O5S/c1-5-25(6-2)31(28,29)19-15-20(24(4)16-19)22(27)30-14-13-23-21(26)12-11-18-9-7-17(3)8-10-18/h7-10,15-16H,5-6,11-14H2,1-4H3,(H,23,26). The Kier molecular flexibility index (Phi) is 8.82. The summed E-state index contributed by atoms with van der Waals surface area (Å²) in [5.74, 6) is -0.763. The molecule has 1 aromatic carbocycles. The van der Waals surface area contributed by atoms with Crippen LogP contribution in [-0.2, 0) is 33.0 Å². The van der Waals surface area contributed by atoms with Gasteiger partial charge in [0.05, 0.1) is 6.54 Å². The Hall–Kier alpha value is -2.65. The second-order valence-electron chi connectivity index (χ2n) is 7.23. The fraction of sp³-hybridized carbons (Fsp3) is 0.455. The van der Waals surface area contributed by atoms with E-state index >= 15 is 0 Å². The number of nitrogens with zero attached hydrogens (tertiary/aromatic N) is 2. The lowest BCUT2D eigenvalue weighted by Crippen LogP contribution is -2.30. The lowest BCUT2D eigenvalue weighted by Gasteiger charge is -2.17. The quantitative estimate of drug-likeness (QED) is 0.419. The largest absolute Gasteiger partial charge is 0.459 e. The second kappa shape index (κ2) is 11.1. The predicted molar refractivity (Wildman–Crippen MR) is 118 cm³/mol. The van der Waals surface area contributed by atoms with Crippen molar-refractivity contribution in [1.29, 1.82) is 0 Å².